The third-order valence-corrected chi connectivity index (χ3v) is 13.3. The highest BCUT2D eigenvalue weighted by Crippen LogP contribution is 2.57. The SMILES string of the molecule is Cc1ccccc1-c1ccc(C)c(N(c2ccccc2)c2cc(N(c3ccccc3)c3cc(-c4ccccc4C)ccc3C)c3c4c2C=CC2=CC(C(C)(C)C)=CC(C=C3)C24)c1. The van der Waals surface area contributed by atoms with E-state index in [0.29, 0.717) is 0 Å². The Hall–Kier alpha value is -6.90. The van der Waals surface area contributed by atoms with Crippen LogP contribution in [-0.2, 0) is 0 Å². The van der Waals surface area contributed by atoms with E-state index in [-0.39, 0.29) is 17.3 Å². The first kappa shape index (κ1) is 39.2. The van der Waals surface area contributed by atoms with Crippen molar-refractivity contribution >= 4 is 46.3 Å². The van der Waals surface area contributed by atoms with E-state index >= 15 is 0 Å². The molecule has 10 rings (SSSR count). The maximum absolute atomic E-state index is 2.54. The predicted molar refractivity (Wildman–Crippen MR) is 266 cm³/mol. The summed E-state index contributed by atoms with van der Waals surface area (Å²) in [4.78, 5) is 5.06. The number of anilines is 6. The summed E-state index contributed by atoms with van der Waals surface area (Å²) in [5.41, 5.74) is 23.6. The fraction of sp³-hybridized carbons (Fsp3) is 0.167. The number of para-hydroxylation sites is 2. The highest BCUT2D eigenvalue weighted by atomic mass is 15.2. The molecule has 0 aliphatic heterocycles. The van der Waals surface area contributed by atoms with Crippen LogP contribution in [0, 0.1) is 39.0 Å². The van der Waals surface area contributed by atoms with Gasteiger partial charge in [-0.1, -0.05) is 166 Å². The molecule has 7 aromatic rings. The second-order valence-electron chi connectivity index (χ2n) is 18.4. The molecular weight excluding hydrogens is 749 g/mol. The minimum absolute atomic E-state index is 0.0424. The molecule has 3 aliphatic carbocycles. The van der Waals surface area contributed by atoms with Crippen molar-refractivity contribution in [2.75, 3.05) is 9.80 Å². The Bertz CT molecular complexity index is 2990. The van der Waals surface area contributed by atoms with Gasteiger partial charge in [-0.2, -0.15) is 0 Å². The molecule has 0 saturated carbocycles. The minimum atomic E-state index is 0.0424. The van der Waals surface area contributed by atoms with Crippen molar-refractivity contribution in [1.82, 2.24) is 0 Å². The third kappa shape index (κ3) is 6.85. The molecule has 0 N–H and O–H groups in total. The van der Waals surface area contributed by atoms with E-state index in [9.17, 15) is 0 Å². The van der Waals surface area contributed by atoms with Crippen LogP contribution in [0.5, 0.6) is 0 Å². The van der Waals surface area contributed by atoms with Crippen LogP contribution in [0.15, 0.2) is 187 Å². The molecule has 0 heterocycles. The standard InChI is InChI=1S/C60H54N2/c1-39-18-14-16-24-50(39)43-28-26-41(3)54(36-43)61(48-20-10-8-11-21-48)56-38-57(53-33-31-46-35-47(60(5,6)7)34-45-30-32-52(56)59(53)58(45)46)62(49-22-12-9-13-23-49)55-37-44(29-27-42(55)4)51-25-17-15-19-40(51)2/h8-38,45,58H,1-7H3. The van der Waals surface area contributed by atoms with E-state index in [0.717, 1.165) is 11.4 Å². The van der Waals surface area contributed by atoms with Gasteiger partial charge in [0.25, 0.3) is 0 Å². The molecule has 304 valence electrons. The Labute approximate surface area is 368 Å². The first-order chi connectivity index (χ1) is 30.0. The molecule has 62 heavy (non-hydrogen) atoms. The van der Waals surface area contributed by atoms with Gasteiger partial charge in [0.05, 0.1) is 11.4 Å². The van der Waals surface area contributed by atoms with Gasteiger partial charge in [0, 0.05) is 45.7 Å². The van der Waals surface area contributed by atoms with E-state index in [1.165, 1.54) is 95.1 Å². The number of benzene rings is 7. The van der Waals surface area contributed by atoms with Gasteiger partial charge < -0.3 is 9.80 Å². The lowest BCUT2D eigenvalue weighted by Crippen LogP contribution is -2.27. The summed E-state index contributed by atoms with van der Waals surface area (Å²) in [5, 5.41) is 0. The maximum atomic E-state index is 2.54. The molecule has 0 fully saturated rings. The van der Waals surface area contributed by atoms with Gasteiger partial charge in [-0.05, 0) is 137 Å². The van der Waals surface area contributed by atoms with E-state index in [1.807, 2.05) is 0 Å². The molecular formula is C60H54N2. The summed E-state index contributed by atoms with van der Waals surface area (Å²) in [7, 11) is 0. The molecule has 2 heteroatoms. The van der Waals surface area contributed by atoms with Gasteiger partial charge in [0.2, 0.25) is 0 Å². The zero-order chi connectivity index (χ0) is 42.7. The molecule has 0 amide bonds. The first-order valence-electron chi connectivity index (χ1n) is 22.1. The van der Waals surface area contributed by atoms with Crippen LogP contribution in [0.2, 0.25) is 0 Å². The van der Waals surface area contributed by atoms with Crippen LogP contribution >= 0.6 is 0 Å². The summed E-state index contributed by atoms with van der Waals surface area (Å²) in [6, 6.07) is 55.8. The number of hydrogen-bond acceptors (Lipinski definition) is 2. The smallest absolute Gasteiger partial charge is 0.0558 e. The van der Waals surface area contributed by atoms with Crippen molar-refractivity contribution in [3.63, 3.8) is 0 Å². The van der Waals surface area contributed by atoms with Crippen LogP contribution in [0.4, 0.5) is 34.1 Å². The molecule has 0 bridgehead atoms. The molecule has 2 nitrogen and oxygen atoms in total. The number of allylic oxidation sites excluding steroid dienone is 6. The van der Waals surface area contributed by atoms with Gasteiger partial charge in [0.1, 0.15) is 0 Å². The average Bonchev–Trinajstić information content (AvgIpc) is 3.28. The van der Waals surface area contributed by atoms with Crippen LogP contribution < -0.4 is 9.80 Å². The first-order valence-corrected chi connectivity index (χ1v) is 22.1. The number of hydrogen-bond donors (Lipinski definition) is 0. The normalized spacial score (nSPS) is 16.0. The van der Waals surface area contributed by atoms with E-state index < -0.39 is 0 Å². The average molecular weight is 803 g/mol. The number of nitrogens with zero attached hydrogens (tertiary/aromatic N) is 2. The quantitative estimate of drug-likeness (QED) is 0.151. The monoisotopic (exact) mass is 802 g/mol. The Morgan fingerprint density at radius 1 is 0.452 bits per heavy atom. The molecule has 2 atom stereocenters. The van der Waals surface area contributed by atoms with E-state index in [1.54, 1.807) is 0 Å². The van der Waals surface area contributed by atoms with Crippen molar-refractivity contribution < 1.29 is 0 Å². The van der Waals surface area contributed by atoms with E-state index in [4.69, 9.17) is 0 Å². The lowest BCUT2D eigenvalue weighted by molar-refractivity contribution is 0.499. The zero-order valence-electron chi connectivity index (χ0n) is 36.9. The van der Waals surface area contributed by atoms with Crippen molar-refractivity contribution in [3.05, 3.63) is 226 Å². The minimum Gasteiger partial charge on any atom is -0.310 e. The zero-order valence-corrected chi connectivity index (χ0v) is 36.9. The second kappa shape index (κ2) is 15.5. The highest BCUT2D eigenvalue weighted by Gasteiger charge is 2.39. The van der Waals surface area contributed by atoms with Crippen molar-refractivity contribution in [3.8, 4) is 22.3 Å². The molecule has 7 aromatic carbocycles. The Balaban J connectivity index is 1.30. The van der Waals surface area contributed by atoms with Crippen LogP contribution in [0.25, 0.3) is 34.4 Å². The topological polar surface area (TPSA) is 6.48 Å². The summed E-state index contributed by atoms with van der Waals surface area (Å²) in [6.07, 6.45) is 14.8. The third-order valence-electron chi connectivity index (χ3n) is 13.3. The molecule has 0 aromatic heterocycles. The van der Waals surface area contributed by atoms with Crippen LogP contribution in [-0.4, -0.2) is 0 Å². The van der Waals surface area contributed by atoms with Gasteiger partial charge in [0.15, 0.2) is 0 Å². The number of rotatable bonds is 8. The van der Waals surface area contributed by atoms with Gasteiger partial charge in [-0.15, -0.1) is 0 Å². The van der Waals surface area contributed by atoms with Crippen LogP contribution in [0.1, 0.15) is 65.6 Å². The van der Waals surface area contributed by atoms with Crippen molar-refractivity contribution in [2.45, 2.75) is 54.4 Å². The summed E-state index contributed by atoms with van der Waals surface area (Å²) in [5.74, 6) is 0.435. The van der Waals surface area contributed by atoms with Gasteiger partial charge in [-0.3, -0.25) is 0 Å². The Kier molecular flexibility index (Phi) is 9.83. The fourth-order valence-corrected chi connectivity index (χ4v) is 9.93. The highest BCUT2D eigenvalue weighted by molar-refractivity contribution is 5.97. The number of aryl methyl sites for hydroxylation is 4. The van der Waals surface area contributed by atoms with Gasteiger partial charge >= 0.3 is 0 Å². The fourth-order valence-electron chi connectivity index (χ4n) is 9.93. The van der Waals surface area contributed by atoms with Crippen molar-refractivity contribution in [2.24, 2.45) is 11.3 Å². The maximum Gasteiger partial charge on any atom is 0.0558 e. The largest absolute Gasteiger partial charge is 0.310 e. The molecule has 3 aliphatic rings. The van der Waals surface area contributed by atoms with Crippen molar-refractivity contribution in [1.29, 1.82) is 0 Å². The summed E-state index contributed by atoms with van der Waals surface area (Å²) in [6.45, 7) is 15.9. The second-order valence-corrected chi connectivity index (χ2v) is 18.4. The summed E-state index contributed by atoms with van der Waals surface area (Å²) >= 11 is 0. The molecule has 0 radical (unpaired) electrons. The molecule has 2 unspecified atom stereocenters. The van der Waals surface area contributed by atoms with Gasteiger partial charge in [-0.25, -0.2) is 0 Å². The predicted octanol–water partition coefficient (Wildman–Crippen LogP) is 16.9. The Morgan fingerprint density at radius 2 is 0.935 bits per heavy atom. The lowest BCUT2D eigenvalue weighted by Gasteiger charge is -2.42. The summed E-state index contributed by atoms with van der Waals surface area (Å²) < 4.78 is 0. The Morgan fingerprint density at radius 3 is 1.44 bits per heavy atom. The molecule has 0 saturated heterocycles. The lowest BCUT2D eigenvalue weighted by atomic mass is 9.65. The van der Waals surface area contributed by atoms with Crippen LogP contribution in [0.3, 0.4) is 0 Å². The van der Waals surface area contributed by atoms with E-state index in [2.05, 4.69) is 246 Å². The molecule has 0 spiro atoms.